The fourth-order valence-electron chi connectivity index (χ4n) is 3.11. The number of carbonyl (C=O) groups excluding carboxylic acids is 1. The summed E-state index contributed by atoms with van der Waals surface area (Å²) in [5, 5.41) is 0. The van der Waals surface area contributed by atoms with Gasteiger partial charge in [-0.3, -0.25) is 0 Å². The van der Waals surface area contributed by atoms with Gasteiger partial charge >= 0.3 is 16.2 Å². The maximum atomic E-state index is 13.0. The average Bonchev–Trinajstić information content (AvgIpc) is 3.41. The lowest BCUT2D eigenvalue weighted by atomic mass is 10.1. The normalized spacial score (nSPS) is 18.1. The summed E-state index contributed by atoms with van der Waals surface area (Å²) in [5.74, 6) is -0.411. The Morgan fingerprint density at radius 1 is 1.08 bits per heavy atom. The quantitative estimate of drug-likeness (QED) is 0.788. The number of benzene rings is 2. The third kappa shape index (κ3) is 2.64. The highest BCUT2D eigenvalue weighted by atomic mass is 32.2. The van der Waals surface area contributed by atoms with E-state index in [9.17, 15) is 13.2 Å². The minimum atomic E-state index is -3.58. The predicted octanol–water partition coefficient (Wildman–Crippen LogP) is 2.71. The van der Waals surface area contributed by atoms with Gasteiger partial charge in [0.2, 0.25) is 0 Å². The molecule has 0 atom stereocenters. The topological polar surface area (TPSA) is 66.9 Å². The van der Waals surface area contributed by atoms with Gasteiger partial charge in [-0.2, -0.15) is 8.42 Å². The first-order valence-corrected chi connectivity index (χ1v) is 9.50. The van der Waals surface area contributed by atoms with E-state index in [4.69, 9.17) is 0 Å². The number of nitrogens with zero attached hydrogens (tertiary/aromatic N) is 2. The number of esters is 1. The first kappa shape index (κ1) is 16.0. The average molecular weight is 358 g/mol. The van der Waals surface area contributed by atoms with Crippen LogP contribution in [0.1, 0.15) is 28.8 Å². The van der Waals surface area contributed by atoms with Gasteiger partial charge in [0.05, 0.1) is 30.6 Å². The van der Waals surface area contributed by atoms with Gasteiger partial charge in [0.1, 0.15) is 0 Å². The Hall–Kier alpha value is -2.54. The number of para-hydroxylation sites is 2. The second kappa shape index (κ2) is 5.77. The molecule has 1 saturated carbocycles. The summed E-state index contributed by atoms with van der Waals surface area (Å²) in [7, 11) is -2.25. The van der Waals surface area contributed by atoms with Crippen LogP contribution in [0, 0.1) is 0 Å². The smallest absolute Gasteiger partial charge is 0.337 e. The van der Waals surface area contributed by atoms with Gasteiger partial charge in [-0.1, -0.05) is 24.3 Å². The van der Waals surface area contributed by atoms with Crippen LogP contribution in [0.5, 0.6) is 0 Å². The third-order valence-corrected chi connectivity index (χ3v) is 6.37. The molecule has 1 aliphatic carbocycles. The van der Waals surface area contributed by atoms with Crippen LogP contribution in [-0.4, -0.2) is 27.5 Å². The van der Waals surface area contributed by atoms with Crippen molar-refractivity contribution in [3.05, 3.63) is 59.7 Å². The summed E-state index contributed by atoms with van der Waals surface area (Å²) in [6.45, 7) is 0.226. The fraction of sp³-hybridized carbons (Fsp3) is 0.278. The van der Waals surface area contributed by atoms with E-state index in [-0.39, 0.29) is 12.6 Å². The third-order valence-electron chi connectivity index (χ3n) is 4.49. The van der Waals surface area contributed by atoms with Gasteiger partial charge in [-0.15, -0.1) is 0 Å². The molecule has 0 N–H and O–H groups in total. The van der Waals surface area contributed by atoms with Crippen molar-refractivity contribution in [2.75, 3.05) is 15.7 Å². The highest BCUT2D eigenvalue weighted by Gasteiger charge is 2.47. The Kier molecular flexibility index (Phi) is 3.68. The summed E-state index contributed by atoms with van der Waals surface area (Å²) < 4.78 is 33.7. The summed E-state index contributed by atoms with van der Waals surface area (Å²) >= 11 is 0. The van der Waals surface area contributed by atoms with Crippen molar-refractivity contribution in [1.29, 1.82) is 0 Å². The molecule has 1 aliphatic heterocycles. The van der Waals surface area contributed by atoms with Gasteiger partial charge in [0.15, 0.2) is 0 Å². The molecule has 7 heteroatoms. The van der Waals surface area contributed by atoms with E-state index in [1.54, 1.807) is 28.6 Å². The van der Waals surface area contributed by atoms with Crippen molar-refractivity contribution in [3.63, 3.8) is 0 Å². The van der Waals surface area contributed by atoms with Crippen molar-refractivity contribution in [1.82, 2.24) is 0 Å². The van der Waals surface area contributed by atoms with E-state index >= 15 is 0 Å². The minimum absolute atomic E-state index is 0.0675. The lowest BCUT2D eigenvalue weighted by molar-refractivity contribution is 0.0600. The lowest BCUT2D eigenvalue weighted by Gasteiger charge is -2.21. The van der Waals surface area contributed by atoms with E-state index in [0.29, 0.717) is 11.3 Å². The van der Waals surface area contributed by atoms with Crippen molar-refractivity contribution < 1.29 is 17.9 Å². The van der Waals surface area contributed by atoms with Crippen LogP contribution >= 0.6 is 0 Å². The van der Waals surface area contributed by atoms with Crippen LogP contribution in [-0.2, 0) is 21.5 Å². The molecule has 0 radical (unpaired) electrons. The maximum Gasteiger partial charge on any atom is 0.337 e. The van der Waals surface area contributed by atoms with Gasteiger partial charge in [-0.25, -0.2) is 13.4 Å². The molecule has 0 aromatic heterocycles. The predicted molar refractivity (Wildman–Crippen MR) is 94.8 cm³/mol. The van der Waals surface area contributed by atoms with Crippen molar-refractivity contribution in [2.24, 2.45) is 0 Å². The molecule has 2 aromatic rings. The fourth-order valence-corrected chi connectivity index (χ4v) is 5.03. The molecule has 0 bridgehead atoms. The van der Waals surface area contributed by atoms with Crippen molar-refractivity contribution >= 4 is 27.6 Å². The lowest BCUT2D eigenvalue weighted by Crippen LogP contribution is -2.38. The van der Waals surface area contributed by atoms with Crippen LogP contribution < -0.4 is 8.61 Å². The number of hydrogen-bond acceptors (Lipinski definition) is 4. The molecule has 0 spiro atoms. The Morgan fingerprint density at radius 2 is 1.72 bits per heavy atom. The zero-order valence-electron chi connectivity index (χ0n) is 13.8. The standard InChI is InChI=1S/C18H18N2O4S/c1-24-18(21)14-8-6-13(7-9-14)12-19-16-4-2-3-5-17(16)20(15-10-11-15)25(19,22)23/h2-9,15H,10-12H2,1H3. The number of rotatable bonds is 4. The molecule has 0 unspecified atom stereocenters. The van der Waals surface area contributed by atoms with Crippen LogP contribution in [0.25, 0.3) is 0 Å². The van der Waals surface area contributed by atoms with Crippen molar-refractivity contribution in [2.45, 2.75) is 25.4 Å². The molecule has 130 valence electrons. The molecule has 1 fully saturated rings. The summed E-state index contributed by atoms with van der Waals surface area (Å²) in [6, 6.07) is 14.3. The number of ether oxygens (including phenoxy) is 1. The minimum Gasteiger partial charge on any atom is -0.465 e. The van der Waals surface area contributed by atoms with Crippen LogP contribution in [0.2, 0.25) is 0 Å². The number of methoxy groups -OCH3 is 1. The monoisotopic (exact) mass is 358 g/mol. The van der Waals surface area contributed by atoms with Gasteiger partial charge in [-0.05, 0) is 42.7 Å². The second-order valence-electron chi connectivity index (χ2n) is 6.22. The Labute approximate surface area is 146 Å². The molecule has 6 nitrogen and oxygen atoms in total. The zero-order valence-corrected chi connectivity index (χ0v) is 14.6. The molecule has 2 aromatic carbocycles. The first-order chi connectivity index (χ1) is 12.0. The van der Waals surface area contributed by atoms with E-state index in [1.807, 2.05) is 24.3 Å². The highest BCUT2D eigenvalue weighted by Crippen LogP contribution is 2.47. The number of fused-ring (bicyclic) bond motifs is 1. The van der Waals surface area contributed by atoms with E-state index < -0.39 is 16.2 Å². The Balaban J connectivity index is 1.67. The molecule has 1 heterocycles. The molecule has 0 saturated heterocycles. The SMILES string of the molecule is COC(=O)c1ccc(CN2c3ccccc3N(C3CC3)S2(=O)=O)cc1. The summed E-state index contributed by atoms with van der Waals surface area (Å²) in [5.41, 5.74) is 2.70. The molecular formula is C18H18N2O4S. The largest absolute Gasteiger partial charge is 0.465 e. The number of carbonyl (C=O) groups is 1. The zero-order chi connectivity index (χ0) is 17.6. The summed E-state index contributed by atoms with van der Waals surface area (Å²) in [6.07, 6.45) is 1.80. The van der Waals surface area contributed by atoms with Crippen molar-refractivity contribution in [3.8, 4) is 0 Å². The van der Waals surface area contributed by atoms with Crippen LogP contribution in [0.15, 0.2) is 48.5 Å². The van der Waals surface area contributed by atoms with E-state index in [1.165, 1.54) is 11.4 Å². The van der Waals surface area contributed by atoms with E-state index in [2.05, 4.69) is 4.74 Å². The Bertz CT molecular complexity index is 920. The summed E-state index contributed by atoms with van der Waals surface area (Å²) in [4.78, 5) is 11.5. The van der Waals surface area contributed by atoms with Crippen LogP contribution in [0.4, 0.5) is 11.4 Å². The number of hydrogen-bond donors (Lipinski definition) is 0. The maximum absolute atomic E-state index is 13.0. The molecule has 25 heavy (non-hydrogen) atoms. The van der Waals surface area contributed by atoms with Gasteiger partial charge in [0, 0.05) is 6.04 Å². The highest BCUT2D eigenvalue weighted by molar-refractivity contribution is 7.94. The Morgan fingerprint density at radius 3 is 2.32 bits per heavy atom. The molecular weight excluding hydrogens is 340 g/mol. The van der Waals surface area contributed by atoms with Gasteiger partial charge in [0.25, 0.3) is 0 Å². The number of anilines is 2. The van der Waals surface area contributed by atoms with E-state index in [0.717, 1.165) is 24.1 Å². The first-order valence-electron chi connectivity index (χ1n) is 8.11. The van der Waals surface area contributed by atoms with Crippen LogP contribution in [0.3, 0.4) is 0 Å². The van der Waals surface area contributed by atoms with Gasteiger partial charge < -0.3 is 4.74 Å². The molecule has 0 amide bonds. The molecule has 4 rings (SSSR count). The second-order valence-corrected chi connectivity index (χ2v) is 7.95. The molecule has 2 aliphatic rings.